The molecule has 0 radical (unpaired) electrons. The van der Waals surface area contributed by atoms with Crippen molar-refractivity contribution in [2.24, 2.45) is 5.92 Å². The lowest BCUT2D eigenvalue weighted by Crippen LogP contribution is -2.27. The third kappa shape index (κ3) is 4.94. The zero-order valence-corrected chi connectivity index (χ0v) is 15.4. The van der Waals surface area contributed by atoms with E-state index in [-0.39, 0.29) is 18.2 Å². The topological polar surface area (TPSA) is 75.7 Å². The minimum atomic E-state index is -0.474. The molecule has 2 aromatic carbocycles. The normalized spacial score (nSPS) is 16.3. The number of carbonyl (C=O) groups excluding carboxylic acids is 3. The number of carbonyl (C=O) groups is 3. The second kappa shape index (κ2) is 8.03. The number of hydrogen-bond donors (Lipinski definition) is 1. The van der Waals surface area contributed by atoms with Gasteiger partial charge in [0.2, 0.25) is 11.8 Å². The summed E-state index contributed by atoms with van der Waals surface area (Å²) in [6.07, 6.45) is 0.161. The summed E-state index contributed by atoms with van der Waals surface area (Å²) in [5, 5.41) is 2.65. The molecule has 1 heterocycles. The van der Waals surface area contributed by atoms with Gasteiger partial charge in [-0.05, 0) is 36.8 Å². The van der Waals surface area contributed by atoms with E-state index in [1.54, 1.807) is 29.2 Å². The van der Waals surface area contributed by atoms with Gasteiger partial charge in [-0.15, -0.1) is 0 Å². The zero-order chi connectivity index (χ0) is 19.4. The van der Waals surface area contributed by atoms with E-state index in [2.05, 4.69) is 5.32 Å². The third-order valence-corrected chi connectivity index (χ3v) is 4.43. The van der Waals surface area contributed by atoms with Crippen molar-refractivity contribution in [1.82, 2.24) is 4.90 Å². The molecule has 0 aliphatic carbocycles. The number of nitrogens with zero attached hydrogens (tertiary/aromatic N) is 1. The van der Waals surface area contributed by atoms with Crippen LogP contribution in [-0.2, 0) is 20.9 Å². The molecule has 0 saturated carbocycles. The molecule has 0 aromatic heterocycles. The van der Waals surface area contributed by atoms with Gasteiger partial charge in [0.15, 0.2) is 0 Å². The second-order valence-electron chi connectivity index (χ2n) is 6.79. The molecule has 27 heavy (non-hydrogen) atoms. The van der Waals surface area contributed by atoms with Crippen LogP contribution in [0.25, 0.3) is 0 Å². The highest BCUT2D eigenvalue weighted by molar-refractivity contribution is 5.89. The summed E-state index contributed by atoms with van der Waals surface area (Å²) in [6, 6.07) is 14.5. The first-order chi connectivity index (χ1) is 12.9. The van der Waals surface area contributed by atoms with Crippen LogP contribution in [0.2, 0.25) is 0 Å². The molecule has 1 unspecified atom stereocenters. The maximum atomic E-state index is 12.4. The Morgan fingerprint density at radius 2 is 1.78 bits per heavy atom. The summed E-state index contributed by atoms with van der Waals surface area (Å²) >= 11 is 0. The quantitative estimate of drug-likeness (QED) is 0.652. The van der Waals surface area contributed by atoms with Gasteiger partial charge in [-0.3, -0.25) is 14.4 Å². The van der Waals surface area contributed by atoms with Crippen molar-refractivity contribution in [2.75, 3.05) is 11.9 Å². The van der Waals surface area contributed by atoms with Crippen LogP contribution in [0.3, 0.4) is 0 Å². The third-order valence-electron chi connectivity index (χ3n) is 4.43. The molecule has 6 nitrogen and oxygen atoms in total. The van der Waals surface area contributed by atoms with E-state index in [9.17, 15) is 14.4 Å². The average molecular weight is 366 g/mol. The smallest absolute Gasteiger partial charge is 0.316 e. The van der Waals surface area contributed by atoms with Gasteiger partial charge in [0.25, 0.3) is 0 Å². The van der Waals surface area contributed by atoms with Crippen LogP contribution in [0.1, 0.15) is 24.5 Å². The standard InChI is InChI=1S/C21H22N2O4/c1-14-3-5-16(6-4-14)12-23-13-17(11-20(23)25)21(26)27-19-9-7-18(8-10-19)22-15(2)24/h3-10,17H,11-13H2,1-2H3,(H,22,24). The fourth-order valence-electron chi connectivity index (χ4n) is 3.01. The van der Waals surface area contributed by atoms with Crippen LogP contribution < -0.4 is 10.1 Å². The molecule has 2 amide bonds. The first-order valence-corrected chi connectivity index (χ1v) is 8.83. The number of aryl methyl sites for hydroxylation is 1. The van der Waals surface area contributed by atoms with Crippen LogP contribution in [0.4, 0.5) is 5.69 Å². The highest BCUT2D eigenvalue weighted by atomic mass is 16.5. The summed E-state index contributed by atoms with van der Waals surface area (Å²) in [7, 11) is 0. The molecule has 1 atom stereocenters. The largest absolute Gasteiger partial charge is 0.426 e. The van der Waals surface area contributed by atoms with E-state index < -0.39 is 11.9 Å². The fourth-order valence-corrected chi connectivity index (χ4v) is 3.01. The van der Waals surface area contributed by atoms with E-state index in [4.69, 9.17) is 4.74 Å². The van der Waals surface area contributed by atoms with Crippen LogP contribution >= 0.6 is 0 Å². The van der Waals surface area contributed by atoms with Crippen LogP contribution in [-0.4, -0.2) is 29.2 Å². The number of hydrogen-bond acceptors (Lipinski definition) is 4. The van der Waals surface area contributed by atoms with E-state index >= 15 is 0 Å². The van der Waals surface area contributed by atoms with Gasteiger partial charge in [0.05, 0.1) is 5.92 Å². The molecule has 0 bridgehead atoms. The molecular weight excluding hydrogens is 344 g/mol. The number of ether oxygens (including phenoxy) is 1. The Morgan fingerprint density at radius 3 is 2.41 bits per heavy atom. The van der Waals surface area contributed by atoms with Crippen molar-refractivity contribution < 1.29 is 19.1 Å². The number of esters is 1. The lowest BCUT2D eigenvalue weighted by atomic mass is 10.1. The maximum absolute atomic E-state index is 12.4. The molecule has 2 aromatic rings. The summed E-state index contributed by atoms with van der Waals surface area (Å²) in [5.41, 5.74) is 2.83. The van der Waals surface area contributed by atoms with Gasteiger partial charge in [-0.2, -0.15) is 0 Å². The molecule has 3 rings (SSSR count). The molecule has 6 heteroatoms. The first kappa shape index (κ1) is 18.6. The Kier molecular flexibility index (Phi) is 5.54. The molecule has 1 aliphatic heterocycles. The average Bonchev–Trinajstić information content (AvgIpc) is 2.99. The minimum absolute atomic E-state index is 0.0430. The van der Waals surface area contributed by atoms with Gasteiger partial charge in [-0.25, -0.2) is 0 Å². The van der Waals surface area contributed by atoms with Gasteiger partial charge in [-0.1, -0.05) is 29.8 Å². The Bertz CT molecular complexity index is 843. The number of rotatable bonds is 5. The Balaban J connectivity index is 1.57. The van der Waals surface area contributed by atoms with E-state index in [0.29, 0.717) is 24.5 Å². The highest BCUT2D eigenvalue weighted by Gasteiger charge is 2.35. The summed E-state index contributed by atoms with van der Waals surface area (Å²) in [6.45, 7) is 4.29. The molecule has 1 saturated heterocycles. The summed E-state index contributed by atoms with van der Waals surface area (Å²) < 4.78 is 5.39. The summed E-state index contributed by atoms with van der Waals surface area (Å²) in [4.78, 5) is 37.3. The SMILES string of the molecule is CC(=O)Nc1ccc(OC(=O)C2CC(=O)N(Cc3ccc(C)cc3)C2)cc1. The molecule has 140 valence electrons. The predicted molar refractivity (Wildman–Crippen MR) is 101 cm³/mol. The van der Waals surface area contributed by atoms with Gasteiger partial charge >= 0.3 is 5.97 Å². The minimum Gasteiger partial charge on any atom is -0.426 e. The van der Waals surface area contributed by atoms with Gasteiger partial charge in [0.1, 0.15) is 5.75 Å². The first-order valence-electron chi connectivity index (χ1n) is 8.83. The summed E-state index contributed by atoms with van der Waals surface area (Å²) in [5.74, 6) is -0.713. The van der Waals surface area contributed by atoms with Crippen molar-refractivity contribution >= 4 is 23.5 Å². The van der Waals surface area contributed by atoms with E-state index in [0.717, 1.165) is 11.1 Å². The van der Waals surface area contributed by atoms with Crippen molar-refractivity contribution in [3.8, 4) is 5.75 Å². The number of benzene rings is 2. The van der Waals surface area contributed by atoms with Crippen molar-refractivity contribution in [3.63, 3.8) is 0 Å². The second-order valence-corrected chi connectivity index (χ2v) is 6.79. The highest BCUT2D eigenvalue weighted by Crippen LogP contribution is 2.23. The lowest BCUT2D eigenvalue weighted by Gasteiger charge is -2.16. The van der Waals surface area contributed by atoms with Crippen LogP contribution in [0, 0.1) is 12.8 Å². The van der Waals surface area contributed by atoms with Crippen molar-refractivity contribution in [1.29, 1.82) is 0 Å². The Labute approximate surface area is 158 Å². The molecule has 0 spiro atoms. The number of likely N-dealkylation sites (tertiary alicyclic amines) is 1. The van der Waals surface area contributed by atoms with Gasteiger partial charge < -0.3 is 15.0 Å². The van der Waals surface area contributed by atoms with Crippen LogP contribution in [0.5, 0.6) is 5.75 Å². The number of nitrogens with one attached hydrogen (secondary N) is 1. The molecular formula is C21H22N2O4. The zero-order valence-electron chi connectivity index (χ0n) is 15.4. The predicted octanol–water partition coefficient (Wildman–Crippen LogP) is 2.91. The monoisotopic (exact) mass is 366 g/mol. The maximum Gasteiger partial charge on any atom is 0.316 e. The lowest BCUT2D eigenvalue weighted by molar-refractivity contribution is -0.139. The molecule has 1 fully saturated rings. The fraction of sp³-hybridized carbons (Fsp3) is 0.286. The Hall–Kier alpha value is -3.15. The van der Waals surface area contributed by atoms with Gasteiger partial charge in [0, 0.05) is 32.1 Å². The van der Waals surface area contributed by atoms with Crippen LogP contribution in [0.15, 0.2) is 48.5 Å². The van der Waals surface area contributed by atoms with E-state index in [1.807, 2.05) is 31.2 Å². The van der Waals surface area contributed by atoms with E-state index in [1.165, 1.54) is 6.92 Å². The Morgan fingerprint density at radius 1 is 1.11 bits per heavy atom. The number of amides is 2. The molecule has 1 N–H and O–H groups in total. The molecule has 1 aliphatic rings. The van der Waals surface area contributed by atoms with Crippen molar-refractivity contribution in [3.05, 3.63) is 59.7 Å². The number of anilines is 1. The van der Waals surface area contributed by atoms with Crippen molar-refractivity contribution in [2.45, 2.75) is 26.8 Å².